The molecule has 0 aliphatic heterocycles. The second-order valence-corrected chi connectivity index (χ2v) is 7.14. The van der Waals surface area contributed by atoms with Crippen LogP contribution < -0.4 is 10.1 Å². The number of ether oxygens (including phenoxy) is 1. The maximum Gasteiger partial charge on any atom is 0.225 e. The molecule has 0 radical (unpaired) electrons. The number of nitrogens with zero attached hydrogens (tertiary/aromatic N) is 5. The number of imidazole rings is 1. The fourth-order valence-corrected chi connectivity index (χ4v) is 3.24. The summed E-state index contributed by atoms with van der Waals surface area (Å²) < 4.78 is 9.22. The second kappa shape index (κ2) is 7.60. The van der Waals surface area contributed by atoms with Crippen LogP contribution in [0.2, 0.25) is 5.02 Å². The molecule has 2 heterocycles. The third-order valence-electron chi connectivity index (χ3n) is 4.70. The summed E-state index contributed by atoms with van der Waals surface area (Å²) in [6.45, 7) is 3.91. The average Bonchev–Trinajstić information content (AvgIpc) is 3.31. The second-order valence-electron chi connectivity index (χ2n) is 6.73. The van der Waals surface area contributed by atoms with Gasteiger partial charge in [-0.25, -0.2) is 9.67 Å². The topological polar surface area (TPSA) is 69.8 Å². The minimum Gasteiger partial charge on any atom is -0.495 e. The van der Waals surface area contributed by atoms with Gasteiger partial charge in [-0.15, -0.1) is 5.10 Å². The van der Waals surface area contributed by atoms with E-state index >= 15 is 0 Å². The van der Waals surface area contributed by atoms with Crippen LogP contribution in [0.4, 0.5) is 11.6 Å². The SMILES string of the molecule is COc1cc(-c2nc(Nc3cccc(Cl)c3C)n(C)n2)ccc1-n1cnc(C)c1. The molecule has 8 heteroatoms. The fourth-order valence-electron chi connectivity index (χ4n) is 3.06. The van der Waals surface area contributed by atoms with Gasteiger partial charge in [0.1, 0.15) is 5.75 Å². The molecular formula is C21H21ClN6O. The molecule has 4 rings (SSSR count). The first-order valence-corrected chi connectivity index (χ1v) is 9.46. The van der Waals surface area contributed by atoms with Crippen LogP contribution in [0.25, 0.3) is 17.1 Å². The van der Waals surface area contributed by atoms with Crippen LogP contribution in [0.15, 0.2) is 48.9 Å². The van der Waals surface area contributed by atoms with Crippen molar-refractivity contribution in [3.05, 3.63) is 65.2 Å². The fraction of sp³-hybridized carbons (Fsp3) is 0.190. The summed E-state index contributed by atoms with van der Waals surface area (Å²) in [5.41, 5.74) is 4.55. The smallest absolute Gasteiger partial charge is 0.225 e. The third kappa shape index (κ3) is 3.69. The highest BCUT2D eigenvalue weighted by Gasteiger charge is 2.14. The molecule has 0 saturated carbocycles. The molecule has 0 aliphatic carbocycles. The van der Waals surface area contributed by atoms with Gasteiger partial charge in [0.15, 0.2) is 5.82 Å². The summed E-state index contributed by atoms with van der Waals surface area (Å²) in [5, 5.41) is 8.55. The molecule has 2 aromatic heterocycles. The first kappa shape index (κ1) is 19.0. The Morgan fingerprint density at radius 3 is 2.69 bits per heavy atom. The number of methoxy groups -OCH3 is 1. The molecular weight excluding hydrogens is 388 g/mol. The Morgan fingerprint density at radius 1 is 1.14 bits per heavy atom. The number of anilines is 2. The minimum atomic E-state index is 0.598. The van der Waals surface area contributed by atoms with E-state index in [1.165, 1.54) is 0 Å². The van der Waals surface area contributed by atoms with Crippen molar-refractivity contribution >= 4 is 23.2 Å². The summed E-state index contributed by atoms with van der Waals surface area (Å²) in [7, 11) is 3.49. The van der Waals surface area contributed by atoms with Crippen LogP contribution in [-0.4, -0.2) is 31.4 Å². The predicted octanol–water partition coefficient (Wildman–Crippen LogP) is 4.69. The van der Waals surface area contributed by atoms with Crippen molar-refractivity contribution in [3.8, 4) is 22.8 Å². The molecule has 0 fully saturated rings. The molecule has 148 valence electrons. The van der Waals surface area contributed by atoms with Crippen molar-refractivity contribution in [3.63, 3.8) is 0 Å². The highest BCUT2D eigenvalue weighted by molar-refractivity contribution is 6.31. The van der Waals surface area contributed by atoms with Crippen molar-refractivity contribution in [1.82, 2.24) is 24.3 Å². The number of aryl methyl sites for hydroxylation is 2. The molecule has 0 bridgehead atoms. The number of hydrogen-bond acceptors (Lipinski definition) is 5. The van der Waals surface area contributed by atoms with Gasteiger partial charge >= 0.3 is 0 Å². The number of hydrogen-bond donors (Lipinski definition) is 1. The van der Waals surface area contributed by atoms with Crippen molar-refractivity contribution in [2.24, 2.45) is 7.05 Å². The summed E-state index contributed by atoms with van der Waals surface area (Å²) in [5.74, 6) is 1.94. The highest BCUT2D eigenvalue weighted by Crippen LogP contribution is 2.30. The molecule has 4 aromatic rings. The minimum absolute atomic E-state index is 0.598. The summed E-state index contributed by atoms with van der Waals surface area (Å²) in [6.07, 6.45) is 3.72. The van der Waals surface area contributed by atoms with Crippen LogP contribution >= 0.6 is 11.6 Å². The molecule has 29 heavy (non-hydrogen) atoms. The molecule has 0 unspecified atom stereocenters. The summed E-state index contributed by atoms with van der Waals surface area (Å²) in [4.78, 5) is 8.93. The van der Waals surface area contributed by atoms with E-state index in [9.17, 15) is 0 Å². The Labute approximate surface area is 173 Å². The Balaban J connectivity index is 1.67. The van der Waals surface area contributed by atoms with E-state index in [-0.39, 0.29) is 0 Å². The van der Waals surface area contributed by atoms with Gasteiger partial charge in [-0.2, -0.15) is 4.98 Å². The highest BCUT2D eigenvalue weighted by atomic mass is 35.5. The van der Waals surface area contributed by atoms with Crippen LogP contribution in [0.1, 0.15) is 11.3 Å². The Kier molecular flexibility index (Phi) is 4.98. The summed E-state index contributed by atoms with van der Waals surface area (Å²) >= 11 is 6.22. The van der Waals surface area contributed by atoms with E-state index in [1.807, 2.05) is 68.1 Å². The average molecular weight is 409 g/mol. The number of halogens is 1. The van der Waals surface area contributed by atoms with Crippen molar-refractivity contribution in [2.75, 3.05) is 12.4 Å². The van der Waals surface area contributed by atoms with Crippen LogP contribution in [-0.2, 0) is 7.05 Å². The maximum atomic E-state index is 6.22. The zero-order valence-electron chi connectivity index (χ0n) is 16.6. The standard InChI is InChI=1S/C21H21ClN6O/c1-13-11-28(12-23-13)18-9-8-15(10-19(18)29-4)20-25-21(27(3)26-20)24-17-7-5-6-16(22)14(17)2/h5-12H,1-4H3,(H,24,25,26). The lowest BCUT2D eigenvalue weighted by Gasteiger charge is -2.10. The van der Waals surface area contributed by atoms with Gasteiger partial charge < -0.3 is 14.6 Å². The van der Waals surface area contributed by atoms with E-state index in [1.54, 1.807) is 18.1 Å². The largest absolute Gasteiger partial charge is 0.495 e. The molecule has 0 spiro atoms. The summed E-state index contributed by atoms with van der Waals surface area (Å²) in [6, 6.07) is 11.6. The quantitative estimate of drug-likeness (QED) is 0.518. The zero-order chi connectivity index (χ0) is 20.5. The molecule has 2 aromatic carbocycles. The van der Waals surface area contributed by atoms with Gasteiger partial charge in [-0.3, -0.25) is 0 Å². The molecule has 1 N–H and O–H groups in total. The van der Waals surface area contributed by atoms with Gasteiger partial charge in [-0.05, 0) is 49.7 Å². The molecule has 0 saturated heterocycles. The first-order valence-electron chi connectivity index (χ1n) is 9.09. The van der Waals surface area contributed by atoms with E-state index < -0.39 is 0 Å². The van der Waals surface area contributed by atoms with E-state index in [0.29, 0.717) is 22.5 Å². The number of aromatic nitrogens is 5. The van der Waals surface area contributed by atoms with E-state index in [2.05, 4.69) is 20.4 Å². The number of nitrogens with one attached hydrogen (secondary N) is 1. The molecule has 0 aliphatic rings. The molecule has 7 nitrogen and oxygen atoms in total. The van der Waals surface area contributed by atoms with Crippen LogP contribution in [0.3, 0.4) is 0 Å². The molecule has 0 amide bonds. The van der Waals surface area contributed by atoms with Gasteiger partial charge in [0.25, 0.3) is 0 Å². The Hall–Kier alpha value is -3.32. The lowest BCUT2D eigenvalue weighted by molar-refractivity contribution is 0.413. The lowest BCUT2D eigenvalue weighted by atomic mass is 10.1. The van der Waals surface area contributed by atoms with Crippen molar-refractivity contribution in [2.45, 2.75) is 13.8 Å². The predicted molar refractivity (Wildman–Crippen MR) is 114 cm³/mol. The van der Waals surface area contributed by atoms with E-state index in [4.69, 9.17) is 16.3 Å². The van der Waals surface area contributed by atoms with Crippen LogP contribution in [0, 0.1) is 13.8 Å². The normalized spacial score (nSPS) is 10.9. The van der Waals surface area contributed by atoms with Gasteiger partial charge in [-0.1, -0.05) is 17.7 Å². The Morgan fingerprint density at radius 2 is 1.97 bits per heavy atom. The first-order chi connectivity index (χ1) is 14.0. The van der Waals surface area contributed by atoms with Gasteiger partial charge in [0.05, 0.1) is 24.8 Å². The monoisotopic (exact) mass is 408 g/mol. The molecule has 0 atom stereocenters. The lowest BCUT2D eigenvalue weighted by Crippen LogP contribution is -2.01. The van der Waals surface area contributed by atoms with Crippen molar-refractivity contribution in [1.29, 1.82) is 0 Å². The number of rotatable bonds is 5. The zero-order valence-corrected chi connectivity index (χ0v) is 17.4. The number of benzene rings is 2. The van der Waals surface area contributed by atoms with Gasteiger partial charge in [0.2, 0.25) is 5.95 Å². The third-order valence-corrected chi connectivity index (χ3v) is 5.11. The Bertz CT molecular complexity index is 1180. The van der Waals surface area contributed by atoms with E-state index in [0.717, 1.165) is 28.2 Å². The van der Waals surface area contributed by atoms with Crippen LogP contribution in [0.5, 0.6) is 5.75 Å². The van der Waals surface area contributed by atoms with Crippen molar-refractivity contribution < 1.29 is 4.74 Å². The maximum absolute atomic E-state index is 6.22. The van der Waals surface area contributed by atoms with Gasteiger partial charge in [0, 0.05) is 29.5 Å².